The van der Waals surface area contributed by atoms with E-state index < -0.39 is 0 Å². The number of rotatable bonds is 4. The minimum absolute atomic E-state index is 0.695. The number of likely N-dealkylation sites (tertiary alicyclic amines) is 1. The second-order valence-corrected chi connectivity index (χ2v) is 5.13. The third kappa shape index (κ3) is 3.51. The molecule has 2 N–H and O–H groups in total. The van der Waals surface area contributed by atoms with E-state index in [1.54, 1.807) is 0 Å². The van der Waals surface area contributed by atoms with Gasteiger partial charge in [-0.1, -0.05) is 6.07 Å². The van der Waals surface area contributed by atoms with Gasteiger partial charge in [0.1, 0.15) is 0 Å². The van der Waals surface area contributed by atoms with Crippen LogP contribution in [0, 0.1) is 5.92 Å². The Morgan fingerprint density at radius 1 is 1.47 bits per heavy atom. The van der Waals surface area contributed by atoms with E-state index in [1.807, 2.05) is 18.5 Å². The minimum Gasteiger partial charge on any atom is -0.330 e. The summed E-state index contributed by atoms with van der Waals surface area (Å²) in [6.45, 7) is 5.45. The molecule has 1 aliphatic heterocycles. The fourth-order valence-electron chi connectivity index (χ4n) is 2.59. The zero-order chi connectivity index (χ0) is 12.1. The first-order valence-corrected chi connectivity index (χ1v) is 6.62. The van der Waals surface area contributed by atoms with Gasteiger partial charge in [-0.3, -0.25) is 4.98 Å². The van der Waals surface area contributed by atoms with Crippen LogP contribution in [0.1, 0.15) is 25.3 Å². The van der Waals surface area contributed by atoms with Crippen molar-refractivity contribution >= 4 is 0 Å². The molecule has 1 fully saturated rings. The summed E-state index contributed by atoms with van der Waals surface area (Å²) in [6, 6.07) is 4.87. The van der Waals surface area contributed by atoms with Crippen LogP contribution in [0.5, 0.6) is 0 Å². The van der Waals surface area contributed by atoms with E-state index in [9.17, 15) is 0 Å². The van der Waals surface area contributed by atoms with Crippen LogP contribution in [0.25, 0.3) is 0 Å². The SMILES string of the molecule is CC1CCC(CN)CN1CCc1cccnc1. The van der Waals surface area contributed by atoms with E-state index in [4.69, 9.17) is 5.73 Å². The molecule has 1 aromatic rings. The average Bonchev–Trinajstić information content (AvgIpc) is 2.39. The lowest BCUT2D eigenvalue weighted by atomic mass is 9.93. The molecular formula is C14H23N3. The molecule has 0 amide bonds. The molecule has 0 radical (unpaired) electrons. The standard InChI is InChI=1S/C14H23N3/c1-12-4-5-14(9-15)11-17(12)8-6-13-3-2-7-16-10-13/h2-3,7,10,12,14H,4-6,8-9,11,15H2,1H3. The van der Waals surface area contributed by atoms with Crippen LogP contribution in [0.2, 0.25) is 0 Å². The second-order valence-electron chi connectivity index (χ2n) is 5.13. The maximum absolute atomic E-state index is 5.78. The third-order valence-electron chi connectivity index (χ3n) is 3.85. The molecule has 2 atom stereocenters. The fraction of sp³-hybridized carbons (Fsp3) is 0.643. The first-order chi connectivity index (χ1) is 8.29. The van der Waals surface area contributed by atoms with Crippen molar-refractivity contribution in [2.45, 2.75) is 32.2 Å². The van der Waals surface area contributed by atoms with Crippen LogP contribution >= 0.6 is 0 Å². The van der Waals surface area contributed by atoms with Crippen molar-refractivity contribution in [3.63, 3.8) is 0 Å². The van der Waals surface area contributed by atoms with Crippen molar-refractivity contribution in [3.8, 4) is 0 Å². The fourth-order valence-corrected chi connectivity index (χ4v) is 2.59. The Morgan fingerprint density at radius 2 is 2.35 bits per heavy atom. The number of hydrogen-bond donors (Lipinski definition) is 1. The summed E-state index contributed by atoms with van der Waals surface area (Å²) in [5, 5.41) is 0. The smallest absolute Gasteiger partial charge is 0.0300 e. The first-order valence-electron chi connectivity index (χ1n) is 6.62. The largest absolute Gasteiger partial charge is 0.330 e. The average molecular weight is 233 g/mol. The lowest BCUT2D eigenvalue weighted by molar-refractivity contribution is 0.122. The van der Waals surface area contributed by atoms with Gasteiger partial charge >= 0.3 is 0 Å². The molecule has 3 heteroatoms. The number of pyridine rings is 1. The molecule has 0 bridgehead atoms. The molecular weight excluding hydrogens is 210 g/mol. The van der Waals surface area contributed by atoms with Gasteiger partial charge in [0.2, 0.25) is 0 Å². The molecule has 1 saturated heterocycles. The number of piperidine rings is 1. The van der Waals surface area contributed by atoms with Crippen LogP contribution in [-0.2, 0) is 6.42 Å². The summed E-state index contributed by atoms with van der Waals surface area (Å²) in [5.74, 6) is 0.695. The van der Waals surface area contributed by atoms with Gasteiger partial charge in [-0.2, -0.15) is 0 Å². The molecule has 2 rings (SSSR count). The summed E-state index contributed by atoms with van der Waals surface area (Å²) < 4.78 is 0. The monoisotopic (exact) mass is 233 g/mol. The Hall–Kier alpha value is -0.930. The third-order valence-corrected chi connectivity index (χ3v) is 3.85. The number of aromatic nitrogens is 1. The molecule has 1 aliphatic rings. The van der Waals surface area contributed by atoms with E-state index in [1.165, 1.54) is 18.4 Å². The topological polar surface area (TPSA) is 42.1 Å². The predicted molar refractivity (Wildman–Crippen MR) is 70.8 cm³/mol. The molecule has 3 nitrogen and oxygen atoms in total. The summed E-state index contributed by atoms with van der Waals surface area (Å²) in [6.07, 6.45) is 7.47. The van der Waals surface area contributed by atoms with Crippen molar-refractivity contribution in [1.82, 2.24) is 9.88 Å². The summed E-state index contributed by atoms with van der Waals surface area (Å²) in [5.41, 5.74) is 7.11. The highest BCUT2D eigenvalue weighted by atomic mass is 15.2. The van der Waals surface area contributed by atoms with Crippen molar-refractivity contribution in [3.05, 3.63) is 30.1 Å². The van der Waals surface area contributed by atoms with Crippen LogP contribution in [-0.4, -0.2) is 35.6 Å². The Bertz CT molecular complexity index is 325. The van der Waals surface area contributed by atoms with E-state index in [0.717, 1.165) is 26.1 Å². The summed E-state index contributed by atoms with van der Waals surface area (Å²) >= 11 is 0. The normalized spacial score (nSPS) is 26.0. The first kappa shape index (κ1) is 12.5. The van der Waals surface area contributed by atoms with Crippen LogP contribution in [0.15, 0.2) is 24.5 Å². The molecule has 2 unspecified atom stereocenters. The Labute approximate surface area is 104 Å². The highest BCUT2D eigenvalue weighted by molar-refractivity contribution is 5.08. The van der Waals surface area contributed by atoms with E-state index >= 15 is 0 Å². The molecule has 1 aromatic heterocycles. The van der Waals surface area contributed by atoms with Crippen molar-refractivity contribution in [2.24, 2.45) is 11.7 Å². The summed E-state index contributed by atoms with van der Waals surface area (Å²) in [7, 11) is 0. The van der Waals surface area contributed by atoms with Gasteiger partial charge in [-0.25, -0.2) is 0 Å². The molecule has 0 aliphatic carbocycles. The second kappa shape index (κ2) is 6.12. The Kier molecular flexibility index (Phi) is 4.51. The number of nitrogens with zero attached hydrogens (tertiary/aromatic N) is 2. The van der Waals surface area contributed by atoms with Crippen molar-refractivity contribution in [1.29, 1.82) is 0 Å². The quantitative estimate of drug-likeness (QED) is 0.860. The van der Waals surface area contributed by atoms with Gasteiger partial charge in [0.25, 0.3) is 0 Å². The Balaban J connectivity index is 1.85. The van der Waals surface area contributed by atoms with Gasteiger partial charge < -0.3 is 10.6 Å². The van der Waals surface area contributed by atoms with Crippen molar-refractivity contribution < 1.29 is 0 Å². The molecule has 0 spiro atoms. The van der Waals surface area contributed by atoms with Crippen LogP contribution < -0.4 is 5.73 Å². The van der Waals surface area contributed by atoms with Crippen LogP contribution in [0.4, 0.5) is 0 Å². The highest BCUT2D eigenvalue weighted by Gasteiger charge is 2.23. The lowest BCUT2D eigenvalue weighted by Gasteiger charge is -2.37. The van der Waals surface area contributed by atoms with Crippen LogP contribution in [0.3, 0.4) is 0 Å². The molecule has 0 aromatic carbocycles. The van der Waals surface area contributed by atoms with Gasteiger partial charge in [0, 0.05) is 31.5 Å². The van der Waals surface area contributed by atoms with E-state index in [0.29, 0.717) is 12.0 Å². The zero-order valence-corrected chi connectivity index (χ0v) is 10.7. The maximum Gasteiger partial charge on any atom is 0.0300 e. The van der Waals surface area contributed by atoms with Crippen molar-refractivity contribution in [2.75, 3.05) is 19.6 Å². The lowest BCUT2D eigenvalue weighted by Crippen LogP contribution is -2.44. The maximum atomic E-state index is 5.78. The molecule has 17 heavy (non-hydrogen) atoms. The number of hydrogen-bond acceptors (Lipinski definition) is 3. The molecule has 2 heterocycles. The van der Waals surface area contributed by atoms with Gasteiger partial charge in [-0.05, 0) is 50.3 Å². The van der Waals surface area contributed by atoms with Gasteiger partial charge in [0.15, 0.2) is 0 Å². The van der Waals surface area contributed by atoms with E-state index in [-0.39, 0.29) is 0 Å². The van der Waals surface area contributed by atoms with E-state index in [2.05, 4.69) is 22.9 Å². The predicted octanol–water partition coefficient (Wildman–Crippen LogP) is 1.68. The zero-order valence-electron chi connectivity index (χ0n) is 10.7. The molecule has 0 saturated carbocycles. The number of nitrogens with two attached hydrogens (primary N) is 1. The Morgan fingerprint density at radius 3 is 3.06 bits per heavy atom. The summed E-state index contributed by atoms with van der Waals surface area (Å²) in [4.78, 5) is 6.74. The molecule has 94 valence electrons. The minimum atomic E-state index is 0.695. The highest BCUT2D eigenvalue weighted by Crippen LogP contribution is 2.21. The van der Waals surface area contributed by atoms with Gasteiger partial charge in [0.05, 0.1) is 0 Å². The van der Waals surface area contributed by atoms with Gasteiger partial charge in [-0.15, -0.1) is 0 Å².